The zero-order valence-electron chi connectivity index (χ0n) is 8.03. The summed E-state index contributed by atoms with van der Waals surface area (Å²) in [4.78, 5) is 8.25. The van der Waals surface area contributed by atoms with Crippen molar-refractivity contribution in [3.8, 4) is 0 Å². The van der Waals surface area contributed by atoms with Crippen LogP contribution in [0, 0.1) is 0 Å². The zero-order chi connectivity index (χ0) is 10.4. The van der Waals surface area contributed by atoms with Gasteiger partial charge in [-0.25, -0.2) is 9.97 Å². The summed E-state index contributed by atoms with van der Waals surface area (Å²) in [5.74, 6) is 0. The molecule has 1 rings (SSSR count). The third kappa shape index (κ3) is 3.20. The molecule has 1 aromatic rings. The van der Waals surface area contributed by atoms with Gasteiger partial charge in [0.2, 0.25) is 0 Å². The highest BCUT2D eigenvalue weighted by Gasteiger charge is 2.01. The maximum absolute atomic E-state index is 5.89. The average Bonchev–Trinajstić information content (AvgIpc) is 2.21. The van der Waals surface area contributed by atoms with Gasteiger partial charge in [0.1, 0.15) is 0 Å². The fourth-order valence-electron chi connectivity index (χ4n) is 0.787. The standard InChI is InChI=1S/C9H11ClN2OS/c1-3-13-5-4-8-7(10)6-11-9(12-8)14-2/h4-6H,3H2,1-2H3/b5-4+. The summed E-state index contributed by atoms with van der Waals surface area (Å²) in [6.07, 6.45) is 6.82. The van der Waals surface area contributed by atoms with E-state index in [2.05, 4.69) is 9.97 Å². The first-order valence-corrected chi connectivity index (χ1v) is 5.73. The lowest BCUT2D eigenvalue weighted by atomic mass is 10.4. The molecule has 0 aliphatic rings. The molecule has 0 atom stereocenters. The Hall–Kier alpha value is -0.740. The van der Waals surface area contributed by atoms with Gasteiger partial charge >= 0.3 is 0 Å². The van der Waals surface area contributed by atoms with Crippen LogP contribution in [0.3, 0.4) is 0 Å². The largest absolute Gasteiger partial charge is 0.501 e. The van der Waals surface area contributed by atoms with Gasteiger partial charge in [0.15, 0.2) is 5.16 Å². The highest BCUT2D eigenvalue weighted by molar-refractivity contribution is 7.98. The first kappa shape index (κ1) is 11.3. The molecule has 0 bridgehead atoms. The minimum Gasteiger partial charge on any atom is -0.501 e. The maximum Gasteiger partial charge on any atom is 0.187 e. The van der Waals surface area contributed by atoms with Crippen molar-refractivity contribution in [2.75, 3.05) is 12.9 Å². The highest BCUT2D eigenvalue weighted by atomic mass is 35.5. The predicted octanol–water partition coefficient (Wildman–Crippen LogP) is 2.86. The van der Waals surface area contributed by atoms with Crippen LogP contribution in [-0.2, 0) is 4.74 Å². The smallest absolute Gasteiger partial charge is 0.187 e. The van der Waals surface area contributed by atoms with Crippen LogP contribution in [0.1, 0.15) is 12.6 Å². The molecule has 1 aromatic heterocycles. The lowest BCUT2D eigenvalue weighted by Gasteiger charge is -1.99. The Morgan fingerprint density at radius 1 is 1.64 bits per heavy atom. The Bertz CT molecular complexity index is 331. The molecule has 0 spiro atoms. The van der Waals surface area contributed by atoms with Crippen LogP contribution in [-0.4, -0.2) is 22.8 Å². The molecule has 0 amide bonds. The molecular weight excluding hydrogens is 220 g/mol. The number of halogens is 1. The topological polar surface area (TPSA) is 35.0 Å². The van der Waals surface area contributed by atoms with Crippen LogP contribution in [0.25, 0.3) is 6.08 Å². The Balaban J connectivity index is 2.83. The van der Waals surface area contributed by atoms with Crippen LogP contribution in [0.5, 0.6) is 0 Å². The first-order chi connectivity index (χ1) is 6.77. The Labute approximate surface area is 92.5 Å². The van der Waals surface area contributed by atoms with Gasteiger partial charge in [0, 0.05) is 0 Å². The number of aromatic nitrogens is 2. The number of hydrogen-bond donors (Lipinski definition) is 0. The monoisotopic (exact) mass is 230 g/mol. The molecule has 0 aliphatic heterocycles. The average molecular weight is 231 g/mol. The van der Waals surface area contributed by atoms with Gasteiger partial charge < -0.3 is 4.74 Å². The van der Waals surface area contributed by atoms with Gasteiger partial charge in [-0.2, -0.15) is 0 Å². The number of ether oxygens (including phenoxy) is 1. The number of rotatable bonds is 4. The number of thioether (sulfide) groups is 1. The summed E-state index contributed by atoms with van der Waals surface area (Å²) in [6, 6.07) is 0. The Morgan fingerprint density at radius 2 is 2.43 bits per heavy atom. The molecule has 0 aliphatic carbocycles. The summed E-state index contributed by atoms with van der Waals surface area (Å²) < 4.78 is 5.06. The van der Waals surface area contributed by atoms with Crippen LogP contribution in [0.4, 0.5) is 0 Å². The Morgan fingerprint density at radius 3 is 3.07 bits per heavy atom. The van der Waals surface area contributed by atoms with Crippen LogP contribution in [0.2, 0.25) is 5.02 Å². The second-order valence-electron chi connectivity index (χ2n) is 2.35. The van der Waals surface area contributed by atoms with Gasteiger partial charge in [-0.1, -0.05) is 23.4 Å². The second kappa shape index (κ2) is 5.88. The van der Waals surface area contributed by atoms with Crippen molar-refractivity contribution in [2.24, 2.45) is 0 Å². The molecule has 3 nitrogen and oxygen atoms in total. The summed E-state index contributed by atoms with van der Waals surface area (Å²) in [7, 11) is 0. The van der Waals surface area contributed by atoms with E-state index in [0.717, 1.165) is 0 Å². The SMILES string of the molecule is CCO/C=C/c1nc(SC)ncc1Cl. The van der Waals surface area contributed by atoms with Gasteiger partial charge in [0.05, 0.1) is 29.8 Å². The third-order valence-electron chi connectivity index (χ3n) is 1.42. The fourth-order valence-corrected chi connectivity index (χ4v) is 1.29. The Kier molecular flexibility index (Phi) is 4.76. The minimum atomic E-state index is 0.527. The van der Waals surface area contributed by atoms with Crippen molar-refractivity contribution in [2.45, 2.75) is 12.1 Å². The molecule has 5 heteroatoms. The van der Waals surface area contributed by atoms with E-state index < -0.39 is 0 Å². The lowest BCUT2D eigenvalue weighted by molar-refractivity contribution is 0.272. The quantitative estimate of drug-likeness (QED) is 0.453. The molecule has 0 radical (unpaired) electrons. The lowest BCUT2D eigenvalue weighted by Crippen LogP contribution is -1.90. The molecule has 0 aromatic carbocycles. The van der Waals surface area contributed by atoms with Crippen molar-refractivity contribution in [3.63, 3.8) is 0 Å². The van der Waals surface area contributed by atoms with Crippen molar-refractivity contribution in [1.82, 2.24) is 9.97 Å². The number of nitrogens with zero attached hydrogens (tertiary/aromatic N) is 2. The summed E-state index contributed by atoms with van der Waals surface area (Å²) >= 11 is 7.37. The van der Waals surface area contributed by atoms with Crippen molar-refractivity contribution in [1.29, 1.82) is 0 Å². The van der Waals surface area contributed by atoms with E-state index in [-0.39, 0.29) is 0 Å². The van der Waals surface area contributed by atoms with E-state index in [1.54, 1.807) is 18.5 Å². The van der Waals surface area contributed by atoms with E-state index in [1.807, 2.05) is 13.2 Å². The van der Waals surface area contributed by atoms with Gasteiger partial charge in [0.25, 0.3) is 0 Å². The maximum atomic E-state index is 5.89. The second-order valence-corrected chi connectivity index (χ2v) is 3.53. The van der Waals surface area contributed by atoms with Crippen molar-refractivity contribution >= 4 is 29.4 Å². The zero-order valence-corrected chi connectivity index (χ0v) is 9.60. The third-order valence-corrected chi connectivity index (χ3v) is 2.27. The van der Waals surface area contributed by atoms with Crippen LogP contribution in [0.15, 0.2) is 17.6 Å². The van der Waals surface area contributed by atoms with Crippen LogP contribution < -0.4 is 0 Å². The molecule has 0 saturated heterocycles. The van der Waals surface area contributed by atoms with Crippen LogP contribution >= 0.6 is 23.4 Å². The fraction of sp³-hybridized carbons (Fsp3) is 0.333. The summed E-state index contributed by atoms with van der Waals surface area (Å²) in [5.41, 5.74) is 0.680. The minimum absolute atomic E-state index is 0.527. The van der Waals surface area contributed by atoms with Crippen molar-refractivity contribution < 1.29 is 4.74 Å². The van der Waals surface area contributed by atoms with E-state index in [0.29, 0.717) is 22.5 Å². The molecule has 14 heavy (non-hydrogen) atoms. The van der Waals surface area contributed by atoms with E-state index >= 15 is 0 Å². The van der Waals surface area contributed by atoms with Gasteiger partial charge in [-0.15, -0.1) is 0 Å². The molecule has 0 saturated carbocycles. The number of hydrogen-bond acceptors (Lipinski definition) is 4. The van der Waals surface area contributed by atoms with E-state index in [4.69, 9.17) is 16.3 Å². The highest BCUT2D eigenvalue weighted by Crippen LogP contribution is 2.17. The van der Waals surface area contributed by atoms with E-state index in [9.17, 15) is 0 Å². The molecular formula is C9H11ClN2OS. The van der Waals surface area contributed by atoms with Crippen molar-refractivity contribution in [3.05, 3.63) is 23.2 Å². The summed E-state index contributed by atoms with van der Waals surface area (Å²) in [6.45, 7) is 2.55. The molecule has 0 fully saturated rings. The molecule has 0 unspecified atom stereocenters. The predicted molar refractivity (Wildman–Crippen MR) is 59.5 cm³/mol. The molecule has 76 valence electrons. The van der Waals surface area contributed by atoms with Gasteiger partial charge in [-0.05, 0) is 19.3 Å². The van der Waals surface area contributed by atoms with E-state index in [1.165, 1.54) is 11.8 Å². The normalized spacial score (nSPS) is 10.8. The molecule has 1 heterocycles. The van der Waals surface area contributed by atoms with Gasteiger partial charge in [-0.3, -0.25) is 0 Å². The molecule has 0 N–H and O–H groups in total. The first-order valence-electron chi connectivity index (χ1n) is 4.12. The summed E-state index contributed by atoms with van der Waals surface area (Å²) in [5, 5.41) is 1.23.